The van der Waals surface area contributed by atoms with E-state index in [-0.39, 0.29) is 5.92 Å². The molecule has 16 heavy (non-hydrogen) atoms. The first kappa shape index (κ1) is 12.5. The predicted molar refractivity (Wildman–Crippen MR) is 60.7 cm³/mol. The molecule has 0 radical (unpaired) electrons. The average Bonchev–Trinajstić information content (AvgIpc) is 2.60. The fourth-order valence-electron chi connectivity index (χ4n) is 1.88. The highest BCUT2D eigenvalue weighted by Gasteiger charge is 2.27. The van der Waals surface area contributed by atoms with E-state index in [0.717, 1.165) is 12.1 Å². The minimum absolute atomic E-state index is 0.0118. The molecule has 0 bridgehead atoms. The highest BCUT2D eigenvalue weighted by atomic mass is 16.4. The van der Waals surface area contributed by atoms with Gasteiger partial charge >= 0.3 is 5.97 Å². The largest absolute Gasteiger partial charge is 0.480 e. The van der Waals surface area contributed by atoms with E-state index in [1.165, 1.54) is 0 Å². The Morgan fingerprint density at radius 1 is 1.56 bits per heavy atom. The average molecular weight is 223 g/mol. The van der Waals surface area contributed by atoms with Crippen molar-refractivity contribution in [2.75, 3.05) is 0 Å². The molecule has 1 N–H and O–H groups in total. The maximum Gasteiger partial charge on any atom is 0.326 e. The lowest BCUT2D eigenvalue weighted by molar-refractivity contribution is -0.142. The van der Waals surface area contributed by atoms with Gasteiger partial charge in [0.15, 0.2) is 6.29 Å². The lowest BCUT2D eigenvalue weighted by Crippen LogP contribution is -2.27. The van der Waals surface area contributed by atoms with Crippen molar-refractivity contribution in [1.29, 1.82) is 0 Å². The summed E-state index contributed by atoms with van der Waals surface area (Å²) in [5.41, 5.74) is 1.22. The SMILES string of the molecule is CCC(C)C(C(=O)O)n1c(C)ccc1C=O. The Morgan fingerprint density at radius 3 is 2.62 bits per heavy atom. The van der Waals surface area contributed by atoms with Crippen LogP contribution in [0.25, 0.3) is 0 Å². The highest BCUT2D eigenvalue weighted by Crippen LogP contribution is 2.25. The summed E-state index contributed by atoms with van der Waals surface area (Å²) in [6, 6.07) is 2.75. The molecule has 0 fully saturated rings. The zero-order valence-corrected chi connectivity index (χ0v) is 9.80. The number of hydrogen-bond donors (Lipinski definition) is 1. The van der Waals surface area contributed by atoms with Crippen LogP contribution in [0.4, 0.5) is 0 Å². The number of aromatic nitrogens is 1. The van der Waals surface area contributed by atoms with Gasteiger partial charge in [-0.25, -0.2) is 4.79 Å². The summed E-state index contributed by atoms with van der Waals surface area (Å²) < 4.78 is 1.60. The molecular formula is C12H17NO3. The maximum absolute atomic E-state index is 11.3. The molecule has 2 unspecified atom stereocenters. The van der Waals surface area contributed by atoms with Gasteiger partial charge in [0.1, 0.15) is 6.04 Å². The van der Waals surface area contributed by atoms with Crippen LogP contribution in [-0.2, 0) is 4.79 Å². The van der Waals surface area contributed by atoms with Crippen LogP contribution in [0.2, 0.25) is 0 Å². The van der Waals surface area contributed by atoms with Crippen LogP contribution in [0.3, 0.4) is 0 Å². The number of aliphatic carboxylic acids is 1. The third kappa shape index (κ3) is 2.15. The van der Waals surface area contributed by atoms with Gasteiger partial charge < -0.3 is 9.67 Å². The summed E-state index contributed by atoms with van der Waals surface area (Å²) in [5, 5.41) is 9.25. The zero-order valence-electron chi connectivity index (χ0n) is 9.80. The van der Waals surface area contributed by atoms with Gasteiger partial charge in [0.2, 0.25) is 0 Å². The van der Waals surface area contributed by atoms with Crippen molar-refractivity contribution in [3.63, 3.8) is 0 Å². The van der Waals surface area contributed by atoms with Crippen molar-refractivity contribution in [2.24, 2.45) is 5.92 Å². The van der Waals surface area contributed by atoms with Crippen molar-refractivity contribution in [2.45, 2.75) is 33.2 Å². The standard InChI is InChI=1S/C12H17NO3/c1-4-8(2)11(12(15)16)13-9(3)5-6-10(13)7-14/h5-8,11H,4H2,1-3H3,(H,15,16). The van der Waals surface area contributed by atoms with Crippen LogP contribution in [0, 0.1) is 12.8 Å². The highest BCUT2D eigenvalue weighted by molar-refractivity contribution is 5.77. The number of aryl methyl sites for hydroxylation is 1. The Labute approximate surface area is 94.9 Å². The molecule has 2 atom stereocenters. The summed E-state index contributed by atoms with van der Waals surface area (Å²) in [5.74, 6) is -0.904. The van der Waals surface area contributed by atoms with Gasteiger partial charge in [0, 0.05) is 5.69 Å². The quantitative estimate of drug-likeness (QED) is 0.779. The molecular weight excluding hydrogens is 206 g/mol. The van der Waals surface area contributed by atoms with Gasteiger partial charge in [-0.2, -0.15) is 0 Å². The molecule has 1 rings (SSSR count). The molecule has 0 aliphatic rings. The smallest absolute Gasteiger partial charge is 0.326 e. The Hall–Kier alpha value is -1.58. The van der Waals surface area contributed by atoms with Crippen molar-refractivity contribution < 1.29 is 14.7 Å². The van der Waals surface area contributed by atoms with Crippen LogP contribution in [-0.4, -0.2) is 21.9 Å². The molecule has 4 nitrogen and oxygen atoms in total. The molecule has 0 saturated carbocycles. The van der Waals surface area contributed by atoms with Gasteiger partial charge in [0.25, 0.3) is 0 Å². The van der Waals surface area contributed by atoms with E-state index in [2.05, 4.69) is 0 Å². The third-order valence-electron chi connectivity index (χ3n) is 2.99. The van der Waals surface area contributed by atoms with E-state index in [4.69, 9.17) is 0 Å². The Morgan fingerprint density at radius 2 is 2.19 bits per heavy atom. The zero-order chi connectivity index (χ0) is 12.3. The summed E-state index contributed by atoms with van der Waals surface area (Å²) in [6.07, 6.45) is 1.46. The molecule has 0 aliphatic heterocycles. The van der Waals surface area contributed by atoms with E-state index in [1.54, 1.807) is 16.7 Å². The van der Waals surface area contributed by atoms with E-state index >= 15 is 0 Å². The minimum atomic E-state index is -0.892. The Balaban J connectivity index is 3.24. The second-order valence-corrected chi connectivity index (χ2v) is 4.06. The lowest BCUT2D eigenvalue weighted by Gasteiger charge is -2.23. The molecule has 88 valence electrons. The molecule has 0 saturated heterocycles. The van der Waals surface area contributed by atoms with Crippen LogP contribution in [0.5, 0.6) is 0 Å². The first-order valence-electron chi connectivity index (χ1n) is 5.38. The predicted octanol–water partition coefficient (Wildman–Crippen LogP) is 2.28. The minimum Gasteiger partial charge on any atom is -0.480 e. The first-order chi connectivity index (χ1) is 7.52. The van der Waals surface area contributed by atoms with E-state index in [0.29, 0.717) is 12.0 Å². The van der Waals surface area contributed by atoms with Gasteiger partial charge in [-0.05, 0) is 25.0 Å². The van der Waals surface area contributed by atoms with E-state index in [1.807, 2.05) is 20.8 Å². The number of rotatable bonds is 5. The molecule has 1 heterocycles. The van der Waals surface area contributed by atoms with Crippen molar-refractivity contribution in [1.82, 2.24) is 4.57 Å². The van der Waals surface area contributed by atoms with Crippen molar-refractivity contribution >= 4 is 12.3 Å². The lowest BCUT2D eigenvalue weighted by atomic mass is 9.98. The van der Waals surface area contributed by atoms with E-state index in [9.17, 15) is 14.7 Å². The monoisotopic (exact) mass is 223 g/mol. The molecule has 0 spiro atoms. The topological polar surface area (TPSA) is 59.3 Å². The number of carboxylic acid groups (broad SMARTS) is 1. The van der Waals surface area contributed by atoms with Crippen molar-refractivity contribution in [3.8, 4) is 0 Å². The number of aldehydes is 1. The van der Waals surface area contributed by atoms with Crippen LogP contribution < -0.4 is 0 Å². The number of carboxylic acids is 1. The van der Waals surface area contributed by atoms with E-state index < -0.39 is 12.0 Å². The summed E-state index contributed by atoms with van der Waals surface area (Å²) >= 11 is 0. The molecule has 0 aromatic carbocycles. The number of nitrogens with zero attached hydrogens (tertiary/aromatic N) is 1. The fourth-order valence-corrected chi connectivity index (χ4v) is 1.88. The Kier molecular flexibility index (Phi) is 3.88. The molecule has 1 aromatic rings. The second kappa shape index (κ2) is 4.96. The first-order valence-corrected chi connectivity index (χ1v) is 5.38. The van der Waals surface area contributed by atoms with Crippen LogP contribution >= 0.6 is 0 Å². The second-order valence-electron chi connectivity index (χ2n) is 4.06. The van der Waals surface area contributed by atoms with Gasteiger partial charge in [-0.1, -0.05) is 20.3 Å². The van der Waals surface area contributed by atoms with Crippen LogP contribution in [0.1, 0.15) is 42.5 Å². The summed E-state index contributed by atoms with van der Waals surface area (Å²) in [7, 11) is 0. The number of hydrogen-bond acceptors (Lipinski definition) is 2. The normalized spacial score (nSPS) is 14.4. The summed E-state index contributed by atoms with van der Waals surface area (Å²) in [4.78, 5) is 22.1. The Bertz CT molecular complexity index is 395. The number of carbonyl (C=O) groups excluding carboxylic acids is 1. The molecule has 0 amide bonds. The van der Waals surface area contributed by atoms with Crippen LogP contribution in [0.15, 0.2) is 12.1 Å². The van der Waals surface area contributed by atoms with Gasteiger partial charge in [-0.15, -0.1) is 0 Å². The molecule has 1 aromatic heterocycles. The fraction of sp³-hybridized carbons (Fsp3) is 0.500. The summed E-state index contributed by atoms with van der Waals surface area (Å²) in [6.45, 7) is 5.64. The molecule has 0 aliphatic carbocycles. The van der Waals surface area contributed by atoms with Gasteiger partial charge in [-0.3, -0.25) is 4.79 Å². The third-order valence-corrected chi connectivity index (χ3v) is 2.99. The molecule has 4 heteroatoms. The van der Waals surface area contributed by atoms with Crippen molar-refractivity contribution in [3.05, 3.63) is 23.5 Å². The van der Waals surface area contributed by atoms with Gasteiger partial charge in [0.05, 0.1) is 5.69 Å². The number of carbonyl (C=O) groups is 2. The maximum atomic E-state index is 11.3.